The maximum atomic E-state index is 13.2. The molecule has 2 aliphatic heterocycles. The molecule has 1 aromatic heterocycles. The van der Waals surface area contributed by atoms with E-state index >= 15 is 0 Å². The van der Waals surface area contributed by atoms with Crippen molar-refractivity contribution in [3.63, 3.8) is 0 Å². The minimum absolute atomic E-state index is 0.186. The lowest BCUT2D eigenvalue weighted by Crippen LogP contribution is -2.37. The van der Waals surface area contributed by atoms with Crippen molar-refractivity contribution in [2.24, 2.45) is 0 Å². The van der Waals surface area contributed by atoms with Gasteiger partial charge >= 0.3 is 6.18 Å². The Morgan fingerprint density at radius 1 is 1.11 bits per heavy atom. The average molecular weight is 383 g/mol. The molecule has 2 fully saturated rings. The van der Waals surface area contributed by atoms with Crippen molar-refractivity contribution in [3.05, 3.63) is 47.1 Å². The summed E-state index contributed by atoms with van der Waals surface area (Å²) in [6.07, 6.45) is -3.46. The van der Waals surface area contributed by atoms with Crippen LogP contribution < -0.4 is 5.32 Å². The summed E-state index contributed by atoms with van der Waals surface area (Å²) >= 11 is 0. The maximum absolute atomic E-state index is 13.2. The fourth-order valence-corrected chi connectivity index (χ4v) is 3.64. The van der Waals surface area contributed by atoms with E-state index < -0.39 is 17.2 Å². The third-order valence-corrected chi connectivity index (χ3v) is 5.17. The lowest BCUT2D eigenvalue weighted by molar-refractivity contribution is -0.137. The van der Waals surface area contributed by atoms with Gasteiger partial charge in [0.15, 0.2) is 5.82 Å². The first-order valence-electron chi connectivity index (χ1n) is 8.90. The molecule has 1 atom stereocenters. The Hall–Kier alpha value is -1.97. The van der Waals surface area contributed by atoms with Crippen molar-refractivity contribution >= 4 is 0 Å². The second-order valence-electron chi connectivity index (χ2n) is 6.81. The molecule has 0 bridgehead atoms. The topological polar surface area (TPSA) is 69.4 Å². The molecule has 2 aliphatic rings. The molecule has 2 aromatic rings. The van der Waals surface area contributed by atoms with E-state index in [9.17, 15) is 13.2 Å². The molecule has 0 spiro atoms. The summed E-state index contributed by atoms with van der Waals surface area (Å²) in [6.45, 7) is 2.56. The van der Waals surface area contributed by atoms with Crippen LogP contribution in [0.15, 0.2) is 28.8 Å². The second-order valence-corrected chi connectivity index (χ2v) is 6.81. The molecular weight excluding hydrogens is 363 g/mol. The molecule has 4 rings (SSSR count). The lowest BCUT2D eigenvalue weighted by Gasteiger charge is -2.34. The van der Waals surface area contributed by atoms with Crippen LogP contribution in [0.5, 0.6) is 0 Å². The van der Waals surface area contributed by atoms with Gasteiger partial charge < -0.3 is 19.3 Å². The van der Waals surface area contributed by atoms with E-state index in [1.807, 2.05) is 0 Å². The number of ether oxygens (including phenoxy) is 2. The van der Waals surface area contributed by atoms with Gasteiger partial charge in [-0.05, 0) is 24.5 Å². The number of aromatic nitrogens is 2. The summed E-state index contributed by atoms with van der Waals surface area (Å²) < 4.78 is 56.0. The van der Waals surface area contributed by atoms with Gasteiger partial charge in [-0.25, -0.2) is 0 Å². The van der Waals surface area contributed by atoms with E-state index in [4.69, 9.17) is 14.0 Å². The predicted molar refractivity (Wildman–Crippen MR) is 88.1 cm³/mol. The SMILES string of the molecule is FC(F)(F)c1cccc(C2(c3nc(C4COCCN4)no3)CCOCC2)c1. The van der Waals surface area contributed by atoms with E-state index in [-0.39, 0.29) is 6.04 Å². The van der Waals surface area contributed by atoms with Gasteiger partial charge in [0.25, 0.3) is 0 Å². The van der Waals surface area contributed by atoms with E-state index in [1.165, 1.54) is 12.1 Å². The number of hydrogen-bond acceptors (Lipinski definition) is 6. The predicted octanol–water partition coefficient (Wildman–Crippen LogP) is 2.85. The molecule has 1 aromatic carbocycles. The molecule has 0 radical (unpaired) electrons. The number of benzene rings is 1. The van der Waals surface area contributed by atoms with Crippen molar-refractivity contribution in [3.8, 4) is 0 Å². The number of nitrogens with one attached hydrogen (secondary N) is 1. The van der Waals surface area contributed by atoms with E-state index in [2.05, 4.69) is 15.5 Å². The highest BCUT2D eigenvalue weighted by Crippen LogP contribution is 2.42. The normalized spacial score (nSPS) is 23.3. The summed E-state index contributed by atoms with van der Waals surface area (Å²) in [5, 5.41) is 7.31. The number of rotatable bonds is 3. The third-order valence-electron chi connectivity index (χ3n) is 5.17. The van der Waals surface area contributed by atoms with Crippen LogP contribution in [-0.4, -0.2) is 43.1 Å². The Kier molecular flexibility index (Phi) is 4.92. The highest BCUT2D eigenvalue weighted by atomic mass is 19.4. The highest BCUT2D eigenvalue weighted by molar-refractivity contribution is 5.37. The number of alkyl halides is 3. The lowest BCUT2D eigenvalue weighted by atomic mass is 9.73. The maximum Gasteiger partial charge on any atom is 0.416 e. The second kappa shape index (κ2) is 7.21. The fourth-order valence-electron chi connectivity index (χ4n) is 3.64. The first-order valence-corrected chi connectivity index (χ1v) is 8.90. The minimum Gasteiger partial charge on any atom is -0.381 e. The zero-order chi connectivity index (χ0) is 18.9. The molecule has 27 heavy (non-hydrogen) atoms. The molecule has 0 amide bonds. The molecule has 146 valence electrons. The van der Waals surface area contributed by atoms with Crippen LogP contribution in [0.4, 0.5) is 13.2 Å². The summed E-state index contributed by atoms with van der Waals surface area (Å²) in [4.78, 5) is 4.54. The Morgan fingerprint density at radius 3 is 2.63 bits per heavy atom. The standard InChI is InChI=1S/C18H20F3N3O3/c19-18(20,21)13-3-1-2-12(10-13)17(4-7-25-8-5-17)16-23-15(24-27-16)14-11-26-9-6-22-14/h1-3,10,14,22H,4-9,11H2. The van der Waals surface area contributed by atoms with Gasteiger partial charge in [0.05, 0.1) is 30.2 Å². The Labute approximate surface area is 154 Å². The Morgan fingerprint density at radius 2 is 1.93 bits per heavy atom. The van der Waals surface area contributed by atoms with Crippen molar-refractivity contribution in [2.45, 2.75) is 30.5 Å². The van der Waals surface area contributed by atoms with Crippen LogP contribution in [-0.2, 0) is 21.1 Å². The fraction of sp³-hybridized carbons (Fsp3) is 0.556. The van der Waals surface area contributed by atoms with Crippen molar-refractivity contribution in [2.75, 3.05) is 33.0 Å². The molecule has 6 nitrogen and oxygen atoms in total. The quantitative estimate of drug-likeness (QED) is 0.879. The van der Waals surface area contributed by atoms with E-state index in [0.29, 0.717) is 63.1 Å². The zero-order valence-electron chi connectivity index (χ0n) is 14.6. The molecule has 3 heterocycles. The average Bonchev–Trinajstić information content (AvgIpc) is 3.19. The van der Waals surface area contributed by atoms with Gasteiger partial charge in [0, 0.05) is 19.8 Å². The molecular formula is C18H20F3N3O3. The summed E-state index contributed by atoms with van der Waals surface area (Å²) in [6, 6.07) is 5.17. The molecule has 1 unspecified atom stereocenters. The van der Waals surface area contributed by atoms with Gasteiger partial charge in [0.2, 0.25) is 5.89 Å². The van der Waals surface area contributed by atoms with Crippen molar-refractivity contribution < 1.29 is 27.2 Å². The summed E-state index contributed by atoms with van der Waals surface area (Å²) in [7, 11) is 0. The van der Waals surface area contributed by atoms with Crippen molar-refractivity contribution in [1.29, 1.82) is 0 Å². The van der Waals surface area contributed by atoms with Gasteiger partial charge in [-0.2, -0.15) is 18.2 Å². The first-order chi connectivity index (χ1) is 13.0. The number of morpholine rings is 1. The Balaban J connectivity index is 1.72. The third kappa shape index (κ3) is 3.59. The smallest absolute Gasteiger partial charge is 0.381 e. The highest BCUT2D eigenvalue weighted by Gasteiger charge is 2.43. The number of nitrogens with zero attached hydrogens (tertiary/aromatic N) is 2. The van der Waals surface area contributed by atoms with Crippen LogP contribution in [0.3, 0.4) is 0 Å². The summed E-state index contributed by atoms with van der Waals surface area (Å²) in [5.41, 5.74) is -0.961. The molecule has 0 aliphatic carbocycles. The number of hydrogen-bond donors (Lipinski definition) is 1. The van der Waals surface area contributed by atoms with E-state index in [1.54, 1.807) is 6.07 Å². The van der Waals surface area contributed by atoms with Crippen LogP contribution in [0.1, 0.15) is 41.7 Å². The largest absolute Gasteiger partial charge is 0.416 e. The number of halogens is 3. The Bertz CT molecular complexity index is 781. The van der Waals surface area contributed by atoms with Gasteiger partial charge in [-0.1, -0.05) is 23.4 Å². The van der Waals surface area contributed by atoms with Gasteiger partial charge in [-0.3, -0.25) is 0 Å². The minimum atomic E-state index is -4.41. The van der Waals surface area contributed by atoms with Crippen LogP contribution in [0, 0.1) is 0 Å². The summed E-state index contributed by atoms with van der Waals surface area (Å²) in [5.74, 6) is 0.787. The van der Waals surface area contributed by atoms with Gasteiger partial charge in [0.1, 0.15) is 0 Å². The monoisotopic (exact) mass is 383 g/mol. The van der Waals surface area contributed by atoms with Crippen LogP contribution >= 0.6 is 0 Å². The van der Waals surface area contributed by atoms with E-state index in [0.717, 1.165) is 6.07 Å². The first kappa shape index (κ1) is 18.4. The van der Waals surface area contributed by atoms with Gasteiger partial charge in [-0.15, -0.1) is 0 Å². The van der Waals surface area contributed by atoms with Crippen LogP contribution in [0.25, 0.3) is 0 Å². The molecule has 2 saturated heterocycles. The zero-order valence-corrected chi connectivity index (χ0v) is 14.6. The van der Waals surface area contributed by atoms with Crippen LogP contribution in [0.2, 0.25) is 0 Å². The molecule has 1 N–H and O–H groups in total. The molecule has 0 saturated carbocycles. The van der Waals surface area contributed by atoms with Crippen molar-refractivity contribution in [1.82, 2.24) is 15.5 Å². The molecule has 9 heteroatoms.